The monoisotopic (exact) mass is 778 g/mol. The number of imidazole rings is 1. The summed E-state index contributed by atoms with van der Waals surface area (Å²) in [4.78, 5) is 43.5. The second kappa shape index (κ2) is 24.5. The Morgan fingerprint density at radius 1 is 0.907 bits per heavy atom. The minimum atomic E-state index is -4.54. The maximum Gasteiger partial charge on any atom is 0.472 e. The average molecular weight is 779 g/mol. The number of carbonyl (C=O) groups excluding carboxylic acids is 2. The number of pyridine rings is 1. The molecule has 0 bridgehead atoms. The Hall–Kier alpha value is -3.89. The Kier molecular flexibility index (Phi) is 20.2. The fourth-order valence-corrected chi connectivity index (χ4v) is 5.88. The van der Waals surface area contributed by atoms with Gasteiger partial charge in [0.25, 0.3) is 0 Å². The zero-order chi connectivity index (χ0) is 39.2. The van der Waals surface area contributed by atoms with Gasteiger partial charge in [-0.25, -0.2) is 14.5 Å². The van der Waals surface area contributed by atoms with Crippen molar-refractivity contribution in [1.82, 2.24) is 14.5 Å². The van der Waals surface area contributed by atoms with Gasteiger partial charge in [0.2, 0.25) is 0 Å². The van der Waals surface area contributed by atoms with Crippen molar-refractivity contribution in [2.75, 3.05) is 65.2 Å². The molecule has 0 amide bonds. The predicted molar refractivity (Wildman–Crippen MR) is 203 cm³/mol. The number of carbonyl (C=O) groups is 2. The molecule has 0 spiro atoms. The molecular formula is C37H55N4O12P. The molecule has 0 fully saturated rings. The van der Waals surface area contributed by atoms with Gasteiger partial charge in [0.1, 0.15) is 30.3 Å². The molecule has 3 aromatic rings. The number of aromatic nitrogens is 3. The minimum absolute atomic E-state index is 0.0128. The number of esters is 2. The number of anilines is 1. The topological polar surface area (TPSA) is 213 Å². The number of nitrogens with two attached hydrogens (primary N) is 1. The third kappa shape index (κ3) is 15.5. The van der Waals surface area contributed by atoms with E-state index in [-0.39, 0.29) is 65.7 Å². The molecule has 16 nitrogen and oxygen atoms in total. The maximum absolute atomic E-state index is 12.4. The summed E-state index contributed by atoms with van der Waals surface area (Å²) in [7, 11) is -4.54. The number of nitrogen functional groups attached to an aromatic ring is 1. The maximum atomic E-state index is 12.4. The first-order chi connectivity index (χ1) is 26.1. The van der Waals surface area contributed by atoms with Gasteiger partial charge in [0.15, 0.2) is 11.9 Å². The molecule has 54 heavy (non-hydrogen) atoms. The van der Waals surface area contributed by atoms with Gasteiger partial charge < -0.3 is 44.0 Å². The Morgan fingerprint density at radius 3 is 2.28 bits per heavy atom. The number of ether oxygens (including phenoxy) is 5. The summed E-state index contributed by atoms with van der Waals surface area (Å²) in [5, 5.41) is 10.6. The molecule has 0 aliphatic heterocycles. The van der Waals surface area contributed by atoms with Crippen LogP contribution < -0.4 is 10.5 Å². The Balaban J connectivity index is 1.36. The summed E-state index contributed by atoms with van der Waals surface area (Å²) < 4.78 is 51.6. The molecule has 4 N–H and O–H groups in total. The van der Waals surface area contributed by atoms with Gasteiger partial charge in [-0.15, -0.1) is 0 Å². The van der Waals surface area contributed by atoms with Crippen LogP contribution in [0.4, 0.5) is 5.82 Å². The summed E-state index contributed by atoms with van der Waals surface area (Å²) >= 11 is 0. The Morgan fingerprint density at radius 2 is 1.59 bits per heavy atom. The van der Waals surface area contributed by atoms with E-state index in [4.69, 9.17) is 43.4 Å². The van der Waals surface area contributed by atoms with Crippen LogP contribution >= 0.6 is 7.82 Å². The van der Waals surface area contributed by atoms with E-state index in [1.807, 2.05) is 36.6 Å². The van der Waals surface area contributed by atoms with Crippen LogP contribution in [0.5, 0.6) is 5.75 Å². The molecule has 3 rings (SSSR count). The fourth-order valence-electron chi connectivity index (χ4n) is 5.15. The molecule has 0 radical (unpaired) electrons. The SMILES string of the molecule is CC/C=C\CC(=O)OC[C@H](COP(=O)(O)OCCOCCOCCOc1ccc2c(c1)nc(N)c1nc(CCCC)n(CCO)c12)OC(=O)C/C=C\CC. The number of hydrogen-bond donors (Lipinski definition) is 3. The van der Waals surface area contributed by atoms with Crippen LogP contribution in [0.2, 0.25) is 0 Å². The third-order valence-corrected chi connectivity index (χ3v) is 8.69. The quantitative estimate of drug-likeness (QED) is 0.0373. The van der Waals surface area contributed by atoms with Crippen molar-refractivity contribution < 1.29 is 56.9 Å². The number of phosphoric ester groups is 1. The highest BCUT2D eigenvalue weighted by Crippen LogP contribution is 2.43. The van der Waals surface area contributed by atoms with Crippen LogP contribution in [-0.4, -0.2) is 102 Å². The van der Waals surface area contributed by atoms with Crippen molar-refractivity contribution in [3.8, 4) is 5.75 Å². The highest BCUT2D eigenvalue weighted by molar-refractivity contribution is 7.47. The van der Waals surface area contributed by atoms with Crippen molar-refractivity contribution in [2.24, 2.45) is 0 Å². The lowest BCUT2D eigenvalue weighted by Crippen LogP contribution is -2.29. The number of phosphoric acid groups is 1. The van der Waals surface area contributed by atoms with E-state index < -0.39 is 32.5 Å². The highest BCUT2D eigenvalue weighted by Gasteiger charge is 2.26. The first kappa shape index (κ1) is 44.5. The average Bonchev–Trinajstić information content (AvgIpc) is 3.51. The second-order valence-electron chi connectivity index (χ2n) is 12.0. The first-order valence-corrected chi connectivity index (χ1v) is 19.9. The Labute approximate surface area is 316 Å². The molecular weight excluding hydrogens is 723 g/mol. The molecule has 1 aromatic carbocycles. The molecule has 300 valence electrons. The highest BCUT2D eigenvalue weighted by atomic mass is 31.2. The number of nitrogens with zero attached hydrogens (tertiary/aromatic N) is 3. The van der Waals surface area contributed by atoms with Crippen molar-refractivity contribution in [2.45, 2.75) is 78.4 Å². The van der Waals surface area contributed by atoms with E-state index >= 15 is 0 Å². The van der Waals surface area contributed by atoms with Gasteiger partial charge in [-0.05, 0) is 31.4 Å². The number of fused-ring (bicyclic) bond motifs is 3. The first-order valence-electron chi connectivity index (χ1n) is 18.4. The van der Waals surface area contributed by atoms with Crippen molar-refractivity contribution in [3.63, 3.8) is 0 Å². The molecule has 17 heteroatoms. The van der Waals surface area contributed by atoms with E-state index in [1.54, 1.807) is 24.3 Å². The summed E-state index contributed by atoms with van der Waals surface area (Å²) in [6.45, 7) is 6.18. The molecule has 1 unspecified atom stereocenters. The van der Waals surface area contributed by atoms with Gasteiger partial charge in [0.05, 0.1) is 70.1 Å². The second-order valence-corrected chi connectivity index (χ2v) is 13.5. The van der Waals surface area contributed by atoms with Crippen LogP contribution in [0.15, 0.2) is 42.5 Å². The number of rotatable bonds is 28. The molecule has 0 saturated carbocycles. The van der Waals surface area contributed by atoms with Crippen molar-refractivity contribution in [3.05, 3.63) is 48.3 Å². The number of aryl methyl sites for hydroxylation is 1. The van der Waals surface area contributed by atoms with E-state index in [0.717, 1.165) is 48.8 Å². The number of benzene rings is 1. The number of aliphatic hydroxyl groups excluding tert-OH is 1. The van der Waals surface area contributed by atoms with Crippen molar-refractivity contribution in [1.29, 1.82) is 0 Å². The van der Waals surface area contributed by atoms with Crippen LogP contribution in [0.25, 0.3) is 21.9 Å². The largest absolute Gasteiger partial charge is 0.491 e. The standard InChI is InChI=1S/C37H55N4O12P/c1-4-7-10-13-33(43)50-26-29(53-34(44)14-11-8-5-2)27-52-54(45,46)51-24-22-48-20-19-47-21-23-49-28-15-16-30-31(25-28)39-37(38)35-36(30)41(17-18-42)32(40-35)12-9-6-3/h7-8,10-11,15-16,25,29,42H,4-6,9,12-14,17-24,26-27H2,1-3H3,(H2,38,39)(H,45,46)/b10-7-,11-8-/t29-/m1/s1. The van der Waals surface area contributed by atoms with Gasteiger partial charge in [0, 0.05) is 24.4 Å². The molecule has 0 aliphatic rings. The van der Waals surface area contributed by atoms with E-state index in [2.05, 4.69) is 11.9 Å². The summed E-state index contributed by atoms with van der Waals surface area (Å²) in [6, 6.07) is 5.56. The number of allylic oxidation sites excluding steroid dienone is 2. The zero-order valence-corrected chi connectivity index (χ0v) is 32.4. The van der Waals surface area contributed by atoms with Crippen LogP contribution in [0, 0.1) is 0 Å². The van der Waals surface area contributed by atoms with Crippen molar-refractivity contribution >= 4 is 47.5 Å². The van der Waals surface area contributed by atoms with Gasteiger partial charge in [-0.3, -0.25) is 18.6 Å². The summed E-state index contributed by atoms with van der Waals surface area (Å²) in [5.74, 6) is 0.641. The summed E-state index contributed by atoms with van der Waals surface area (Å²) in [6.07, 6.45) is 10.1. The molecule has 0 saturated heterocycles. The lowest BCUT2D eigenvalue weighted by Gasteiger charge is -2.19. The minimum Gasteiger partial charge on any atom is -0.491 e. The number of hydrogen-bond acceptors (Lipinski definition) is 14. The van der Waals surface area contributed by atoms with Gasteiger partial charge >= 0.3 is 19.8 Å². The molecule has 0 aliphatic carbocycles. The van der Waals surface area contributed by atoms with Gasteiger partial charge in [-0.2, -0.15) is 0 Å². The lowest BCUT2D eigenvalue weighted by molar-refractivity contribution is -0.160. The van der Waals surface area contributed by atoms with E-state index in [0.29, 0.717) is 29.1 Å². The van der Waals surface area contributed by atoms with Gasteiger partial charge in [-0.1, -0.05) is 51.5 Å². The lowest BCUT2D eigenvalue weighted by atomic mass is 10.1. The molecule has 2 heterocycles. The number of aliphatic hydroxyl groups is 1. The predicted octanol–water partition coefficient (Wildman–Crippen LogP) is 5.21. The van der Waals surface area contributed by atoms with E-state index in [1.165, 1.54) is 0 Å². The molecule has 2 atom stereocenters. The Bertz CT molecular complexity index is 1710. The zero-order valence-electron chi connectivity index (χ0n) is 31.5. The van der Waals surface area contributed by atoms with Crippen LogP contribution in [-0.2, 0) is 55.1 Å². The van der Waals surface area contributed by atoms with Crippen LogP contribution in [0.1, 0.15) is 65.1 Å². The fraction of sp³-hybridized carbons (Fsp3) is 0.568. The normalized spacial score (nSPS) is 13.6. The van der Waals surface area contributed by atoms with Crippen LogP contribution in [0.3, 0.4) is 0 Å². The molecule has 2 aromatic heterocycles. The summed E-state index contributed by atoms with van der Waals surface area (Å²) in [5.41, 5.74) is 8.42. The smallest absolute Gasteiger partial charge is 0.472 e. The number of unbranched alkanes of at least 4 members (excludes halogenated alkanes) is 1. The third-order valence-electron chi connectivity index (χ3n) is 7.71. The van der Waals surface area contributed by atoms with E-state index in [9.17, 15) is 24.2 Å².